The van der Waals surface area contributed by atoms with Crippen LogP contribution in [0.1, 0.15) is 12.7 Å². The Balaban J connectivity index is 1.59. The Labute approximate surface area is 176 Å². The number of benzene rings is 1. The minimum atomic E-state index is -0.405. The highest BCUT2D eigenvalue weighted by atomic mass is 35.5. The van der Waals surface area contributed by atoms with E-state index in [4.69, 9.17) is 27.9 Å². The molecule has 1 N–H and O–H groups in total. The van der Waals surface area contributed by atoms with Crippen LogP contribution in [0.2, 0.25) is 10.0 Å². The number of amides is 1. The summed E-state index contributed by atoms with van der Waals surface area (Å²) in [6.07, 6.45) is 1.48. The zero-order valence-electron chi connectivity index (χ0n) is 15.1. The van der Waals surface area contributed by atoms with Crippen molar-refractivity contribution in [3.8, 4) is 5.75 Å². The topological polar surface area (TPSA) is 81.9 Å². The normalized spacial score (nSPS) is 11.9. The van der Waals surface area contributed by atoms with Crippen LogP contribution >= 0.6 is 35.0 Å². The summed E-state index contributed by atoms with van der Waals surface area (Å²) in [5, 5.41) is 12.2. The summed E-state index contributed by atoms with van der Waals surface area (Å²) in [7, 11) is 1.82. The number of anilines is 1. The van der Waals surface area contributed by atoms with Gasteiger partial charge in [-0.15, -0.1) is 10.2 Å². The first kappa shape index (κ1) is 20.4. The Morgan fingerprint density at radius 2 is 2.04 bits per heavy atom. The van der Waals surface area contributed by atoms with Crippen molar-refractivity contribution < 1.29 is 9.53 Å². The predicted octanol–water partition coefficient (Wildman–Crippen LogP) is 4.22. The second-order valence-electron chi connectivity index (χ2n) is 5.79. The molecular weight excluding hydrogens is 421 g/mol. The highest BCUT2D eigenvalue weighted by Crippen LogP contribution is 2.25. The van der Waals surface area contributed by atoms with Crippen molar-refractivity contribution in [2.45, 2.75) is 23.9 Å². The van der Waals surface area contributed by atoms with Gasteiger partial charge in [0.15, 0.2) is 11.0 Å². The van der Waals surface area contributed by atoms with Crippen LogP contribution < -0.4 is 10.1 Å². The fourth-order valence-corrected chi connectivity index (χ4v) is 3.30. The maximum absolute atomic E-state index is 12.4. The number of carbonyl (C=O) groups is 1. The first-order valence-corrected chi connectivity index (χ1v) is 9.92. The third-order valence-corrected chi connectivity index (χ3v) is 5.42. The second kappa shape index (κ2) is 9.27. The molecule has 1 amide bonds. The molecule has 1 aromatic carbocycles. The molecule has 2 aromatic heterocycles. The lowest BCUT2D eigenvalue weighted by atomic mass is 10.3. The van der Waals surface area contributed by atoms with E-state index in [0.29, 0.717) is 32.6 Å². The minimum absolute atomic E-state index is 0.198. The highest BCUT2D eigenvalue weighted by Gasteiger charge is 2.19. The van der Waals surface area contributed by atoms with Crippen molar-refractivity contribution >= 4 is 46.7 Å². The number of carbonyl (C=O) groups excluding carboxylic acids is 1. The van der Waals surface area contributed by atoms with Gasteiger partial charge < -0.3 is 14.6 Å². The van der Waals surface area contributed by atoms with E-state index >= 15 is 0 Å². The number of hydrogen-bond donors (Lipinski definition) is 1. The van der Waals surface area contributed by atoms with Crippen molar-refractivity contribution in [1.82, 2.24) is 19.7 Å². The molecule has 0 aliphatic carbocycles. The molecule has 0 saturated heterocycles. The molecule has 0 radical (unpaired) electrons. The molecule has 0 aliphatic rings. The van der Waals surface area contributed by atoms with Gasteiger partial charge in [0.25, 0.3) is 0 Å². The van der Waals surface area contributed by atoms with Gasteiger partial charge in [0.1, 0.15) is 18.2 Å². The molecule has 10 heteroatoms. The quantitative estimate of drug-likeness (QED) is 0.557. The maximum Gasteiger partial charge on any atom is 0.238 e. The third kappa shape index (κ3) is 5.15. The highest BCUT2D eigenvalue weighted by molar-refractivity contribution is 8.00. The van der Waals surface area contributed by atoms with Gasteiger partial charge >= 0.3 is 0 Å². The van der Waals surface area contributed by atoms with Crippen LogP contribution in [0.3, 0.4) is 0 Å². The molecule has 2 heterocycles. The SMILES string of the molecule is CC(Sc1nnc(COc2ccccc2Cl)n1C)C(=O)Nc1ccc(Cl)cn1. The number of para-hydroxylation sites is 1. The molecule has 0 saturated carbocycles. The number of aromatic nitrogens is 4. The standard InChI is InChI=1S/C18H17Cl2N5O2S/c1-11(17(26)22-15-8-7-12(19)9-21-15)28-18-24-23-16(25(18)2)10-27-14-6-4-3-5-13(14)20/h3-9,11H,10H2,1-2H3,(H,21,22,26). The number of hydrogen-bond acceptors (Lipinski definition) is 6. The lowest BCUT2D eigenvalue weighted by Crippen LogP contribution is -2.23. The summed E-state index contributed by atoms with van der Waals surface area (Å²) < 4.78 is 7.48. The molecule has 0 fully saturated rings. The third-order valence-electron chi connectivity index (χ3n) is 3.75. The molecule has 146 valence electrons. The second-order valence-corrected chi connectivity index (χ2v) is 7.94. The van der Waals surface area contributed by atoms with Gasteiger partial charge in [-0.1, -0.05) is 47.1 Å². The molecule has 0 bridgehead atoms. The fourth-order valence-electron chi connectivity index (χ4n) is 2.17. The van der Waals surface area contributed by atoms with E-state index in [1.54, 1.807) is 35.8 Å². The first-order chi connectivity index (χ1) is 13.4. The molecular formula is C18H17Cl2N5O2S. The molecule has 1 atom stereocenters. The number of ether oxygens (including phenoxy) is 1. The van der Waals surface area contributed by atoms with E-state index in [2.05, 4.69) is 20.5 Å². The lowest BCUT2D eigenvalue weighted by molar-refractivity contribution is -0.115. The zero-order valence-corrected chi connectivity index (χ0v) is 17.4. The molecule has 0 spiro atoms. The Bertz CT molecular complexity index is 965. The molecule has 3 rings (SSSR count). The van der Waals surface area contributed by atoms with Crippen LogP contribution in [0.5, 0.6) is 5.75 Å². The number of rotatable bonds is 7. The van der Waals surface area contributed by atoms with Crippen molar-refractivity contribution in [3.05, 3.63) is 58.5 Å². The van der Waals surface area contributed by atoms with Gasteiger partial charge in [0.05, 0.1) is 15.3 Å². The largest absolute Gasteiger partial charge is 0.484 e. The Morgan fingerprint density at radius 3 is 2.75 bits per heavy atom. The van der Waals surface area contributed by atoms with Crippen molar-refractivity contribution in [1.29, 1.82) is 0 Å². The lowest BCUT2D eigenvalue weighted by Gasteiger charge is -2.11. The van der Waals surface area contributed by atoms with E-state index in [0.717, 1.165) is 0 Å². The van der Waals surface area contributed by atoms with E-state index in [1.807, 2.05) is 19.2 Å². The van der Waals surface area contributed by atoms with Gasteiger partial charge in [-0.2, -0.15) is 0 Å². The van der Waals surface area contributed by atoms with Crippen molar-refractivity contribution in [2.75, 3.05) is 5.32 Å². The average Bonchev–Trinajstić information content (AvgIpc) is 3.02. The van der Waals surface area contributed by atoms with Gasteiger partial charge in [0.2, 0.25) is 5.91 Å². The first-order valence-electron chi connectivity index (χ1n) is 8.28. The predicted molar refractivity (Wildman–Crippen MR) is 110 cm³/mol. The number of nitrogens with one attached hydrogen (secondary N) is 1. The summed E-state index contributed by atoms with van der Waals surface area (Å²) in [4.78, 5) is 16.4. The maximum atomic E-state index is 12.4. The number of thioether (sulfide) groups is 1. The van der Waals surface area contributed by atoms with Crippen LogP contribution in [0.15, 0.2) is 47.8 Å². The van der Waals surface area contributed by atoms with Crippen LogP contribution in [0, 0.1) is 0 Å². The monoisotopic (exact) mass is 437 g/mol. The average molecular weight is 438 g/mol. The van der Waals surface area contributed by atoms with Crippen molar-refractivity contribution in [3.63, 3.8) is 0 Å². The van der Waals surface area contributed by atoms with Crippen molar-refractivity contribution in [2.24, 2.45) is 7.05 Å². The fraction of sp³-hybridized carbons (Fsp3) is 0.222. The van der Waals surface area contributed by atoms with E-state index in [9.17, 15) is 4.79 Å². The zero-order chi connectivity index (χ0) is 20.1. The molecule has 28 heavy (non-hydrogen) atoms. The van der Waals surface area contributed by atoms with Crippen LogP contribution in [0.25, 0.3) is 0 Å². The number of halogens is 2. The minimum Gasteiger partial charge on any atom is -0.484 e. The van der Waals surface area contributed by atoms with E-state index in [1.165, 1.54) is 18.0 Å². The smallest absolute Gasteiger partial charge is 0.238 e. The Morgan fingerprint density at radius 1 is 1.25 bits per heavy atom. The number of nitrogens with zero attached hydrogens (tertiary/aromatic N) is 4. The van der Waals surface area contributed by atoms with Crippen LogP contribution in [0.4, 0.5) is 5.82 Å². The van der Waals surface area contributed by atoms with Crippen LogP contribution in [-0.2, 0) is 18.4 Å². The summed E-state index contributed by atoms with van der Waals surface area (Å²) in [5.41, 5.74) is 0. The summed E-state index contributed by atoms with van der Waals surface area (Å²) in [5.74, 6) is 1.43. The summed E-state index contributed by atoms with van der Waals surface area (Å²) >= 11 is 13.2. The summed E-state index contributed by atoms with van der Waals surface area (Å²) in [6.45, 7) is 1.99. The molecule has 0 aliphatic heterocycles. The Kier molecular flexibility index (Phi) is 6.77. The van der Waals surface area contributed by atoms with Gasteiger partial charge in [-0.3, -0.25) is 4.79 Å². The summed E-state index contributed by atoms with van der Waals surface area (Å²) in [6, 6.07) is 10.5. The van der Waals surface area contributed by atoms with Gasteiger partial charge in [-0.05, 0) is 31.2 Å². The molecule has 1 unspecified atom stereocenters. The number of pyridine rings is 1. The Hall–Kier alpha value is -2.29. The molecule has 7 nitrogen and oxygen atoms in total. The van der Waals surface area contributed by atoms with Gasteiger partial charge in [0, 0.05) is 13.2 Å². The van der Waals surface area contributed by atoms with Gasteiger partial charge in [-0.25, -0.2) is 4.98 Å². The van der Waals surface area contributed by atoms with E-state index in [-0.39, 0.29) is 12.5 Å². The van der Waals surface area contributed by atoms with Crippen LogP contribution in [-0.4, -0.2) is 30.9 Å². The van der Waals surface area contributed by atoms with E-state index < -0.39 is 5.25 Å². The molecule has 3 aromatic rings.